The van der Waals surface area contributed by atoms with E-state index in [0.29, 0.717) is 28.9 Å². The van der Waals surface area contributed by atoms with Crippen LogP contribution in [0.1, 0.15) is 63.3 Å². The highest BCUT2D eigenvalue weighted by Gasteiger charge is 2.35. The van der Waals surface area contributed by atoms with Gasteiger partial charge in [0.1, 0.15) is 0 Å². The van der Waals surface area contributed by atoms with Crippen LogP contribution in [0.25, 0.3) is 0 Å². The van der Waals surface area contributed by atoms with Crippen molar-refractivity contribution in [3.63, 3.8) is 0 Å². The number of rotatable bonds is 8. The van der Waals surface area contributed by atoms with E-state index in [-0.39, 0.29) is 17.7 Å². The summed E-state index contributed by atoms with van der Waals surface area (Å²) in [5.41, 5.74) is 2.78. The molecule has 0 aromatic heterocycles. The molecule has 1 aliphatic rings. The number of nitrogens with zero attached hydrogens (tertiary/aromatic N) is 1. The molecular weight excluding hydrogens is 354 g/mol. The van der Waals surface area contributed by atoms with Gasteiger partial charge in [-0.3, -0.25) is 19.3 Å². The molecule has 0 unspecified atom stereocenters. The average molecular weight is 379 g/mol. The first-order chi connectivity index (χ1) is 13.5. The Hall–Kier alpha value is -2.99. The van der Waals surface area contributed by atoms with Crippen LogP contribution < -0.4 is 10.6 Å². The van der Waals surface area contributed by atoms with Crippen LogP contribution in [0.2, 0.25) is 0 Å². The minimum absolute atomic E-state index is 0.281. The van der Waals surface area contributed by atoms with E-state index >= 15 is 0 Å². The van der Waals surface area contributed by atoms with Crippen LogP contribution in [0.3, 0.4) is 0 Å². The largest absolute Gasteiger partial charge is 0.322 e. The van der Waals surface area contributed by atoms with Crippen molar-refractivity contribution < 1.29 is 14.4 Å². The fraction of sp³-hybridized carbons (Fsp3) is 0.318. The Morgan fingerprint density at radius 2 is 1.79 bits per heavy atom. The minimum Gasteiger partial charge on any atom is -0.322 e. The van der Waals surface area contributed by atoms with Crippen LogP contribution in [0.5, 0.6) is 0 Å². The third-order valence-corrected chi connectivity index (χ3v) is 4.73. The summed E-state index contributed by atoms with van der Waals surface area (Å²) < 4.78 is 0. The van der Waals surface area contributed by atoms with Crippen LogP contribution in [0.4, 0.5) is 5.69 Å². The molecule has 2 aromatic rings. The van der Waals surface area contributed by atoms with Crippen molar-refractivity contribution in [2.24, 2.45) is 0 Å². The molecule has 6 nitrogen and oxygen atoms in total. The number of hydrogen-bond donors (Lipinski definition) is 2. The summed E-state index contributed by atoms with van der Waals surface area (Å²) in [5.74, 6) is -0.914. The first-order valence-electron chi connectivity index (χ1n) is 9.66. The molecule has 0 spiro atoms. The Bertz CT molecular complexity index is 908. The van der Waals surface area contributed by atoms with E-state index in [1.54, 1.807) is 12.1 Å². The number of anilines is 1. The number of benzene rings is 2. The molecule has 0 bridgehead atoms. The lowest BCUT2D eigenvalue weighted by Crippen LogP contribution is -2.30. The number of unbranched alkanes of at least 4 members (excludes halogenated alkanes) is 1. The van der Waals surface area contributed by atoms with Crippen LogP contribution in [0.15, 0.2) is 42.5 Å². The maximum absolute atomic E-state index is 12.6. The predicted octanol–water partition coefficient (Wildman–Crippen LogP) is 3.44. The van der Waals surface area contributed by atoms with Gasteiger partial charge in [0.25, 0.3) is 17.7 Å². The van der Waals surface area contributed by atoms with Crippen molar-refractivity contribution in [3.05, 3.63) is 64.7 Å². The Morgan fingerprint density at radius 3 is 2.54 bits per heavy atom. The van der Waals surface area contributed by atoms with Gasteiger partial charge in [-0.15, -0.1) is 0 Å². The van der Waals surface area contributed by atoms with E-state index in [4.69, 9.17) is 0 Å². The first kappa shape index (κ1) is 19.8. The zero-order valence-electron chi connectivity index (χ0n) is 16.2. The summed E-state index contributed by atoms with van der Waals surface area (Å²) in [6, 6.07) is 12.3. The van der Waals surface area contributed by atoms with Gasteiger partial charge in [-0.25, -0.2) is 0 Å². The lowest BCUT2D eigenvalue weighted by Gasteiger charge is -2.12. The summed E-state index contributed by atoms with van der Waals surface area (Å²) in [4.78, 5) is 38.9. The number of fused-ring (bicyclic) bond motifs is 1. The Kier molecular flexibility index (Phi) is 6.21. The number of amides is 3. The quantitative estimate of drug-likeness (QED) is 0.689. The van der Waals surface area contributed by atoms with Crippen molar-refractivity contribution in [2.45, 2.75) is 33.2 Å². The molecule has 1 heterocycles. The zero-order valence-corrected chi connectivity index (χ0v) is 16.2. The second-order valence-electron chi connectivity index (χ2n) is 6.81. The van der Waals surface area contributed by atoms with E-state index in [1.165, 1.54) is 11.0 Å². The number of carbonyl (C=O) groups excluding carboxylic acids is 3. The lowest BCUT2D eigenvalue weighted by molar-refractivity contribution is 0.0652. The predicted molar refractivity (Wildman–Crippen MR) is 108 cm³/mol. The van der Waals surface area contributed by atoms with E-state index in [0.717, 1.165) is 31.5 Å². The van der Waals surface area contributed by atoms with E-state index in [1.807, 2.05) is 38.1 Å². The second-order valence-corrected chi connectivity index (χ2v) is 6.81. The van der Waals surface area contributed by atoms with Crippen molar-refractivity contribution in [1.29, 1.82) is 0 Å². The van der Waals surface area contributed by atoms with Gasteiger partial charge >= 0.3 is 0 Å². The average Bonchev–Trinajstić information content (AvgIpc) is 2.94. The molecule has 0 saturated carbocycles. The molecule has 2 aromatic carbocycles. The summed E-state index contributed by atoms with van der Waals surface area (Å²) >= 11 is 0. The highest BCUT2D eigenvalue weighted by atomic mass is 16.2. The molecule has 6 heteroatoms. The summed E-state index contributed by atoms with van der Waals surface area (Å²) in [7, 11) is 0. The molecule has 0 fully saturated rings. The number of hydrogen-bond acceptors (Lipinski definition) is 4. The van der Waals surface area contributed by atoms with Crippen LogP contribution in [0, 0.1) is 0 Å². The van der Waals surface area contributed by atoms with Crippen molar-refractivity contribution >= 4 is 23.4 Å². The van der Waals surface area contributed by atoms with Gasteiger partial charge in [-0.1, -0.05) is 32.4 Å². The van der Waals surface area contributed by atoms with Gasteiger partial charge in [-0.05, 0) is 48.9 Å². The fourth-order valence-corrected chi connectivity index (χ4v) is 3.18. The van der Waals surface area contributed by atoms with Crippen LogP contribution in [-0.4, -0.2) is 35.7 Å². The molecule has 0 radical (unpaired) electrons. The van der Waals surface area contributed by atoms with Gasteiger partial charge in [0.2, 0.25) is 0 Å². The van der Waals surface area contributed by atoms with Gasteiger partial charge in [-0.2, -0.15) is 0 Å². The molecule has 146 valence electrons. The third-order valence-electron chi connectivity index (χ3n) is 4.73. The highest BCUT2D eigenvalue weighted by molar-refractivity contribution is 6.22. The fourth-order valence-electron chi connectivity index (χ4n) is 3.18. The SMILES string of the molecule is CCCCN1C(=O)c2ccc(C(=O)Nc3cccc(CNCC)c3)cc2C1=O. The van der Waals surface area contributed by atoms with Crippen molar-refractivity contribution in [1.82, 2.24) is 10.2 Å². The number of carbonyl (C=O) groups is 3. The van der Waals surface area contributed by atoms with E-state index in [2.05, 4.69) is 10.6 Å². The van der Waals surface area contributed by atoms with Gasteiger partial charge in [0.05, 0.1) is 11.1 Å². The molecule has 28 heavy (non-hydrogen) atoms. The molecule has 2 N–H and O–H groups in total. The van der Waals surface area contributed by atoms with Gasteiger partial charge < -0.3 is 10.6 Å². The summed E-state index contributed by atoms with van der Waals surface area (Å²) in [5, 5.41) is 6.11. The van der Waals surface area contributed by atoms with Crippen molar-refractivity contribution in [2.75, 3.05) is 18.4 Å². The summed E-state index contributed by atoms with van der Waals surface area (Å²) in [6.45, 7) is 6.04. The Labute approximate surface area is 164 Å². The van der Waals surface area contributed by atoms with Gasteiger partial charge in [0.15, 0.2) is 0 Å². The van der Waals surface area contributed by atoms with E-state index < -0.39 is 0 Å². The highest BCUT2D eigenvalue weighted by Crippen LogP contribution is 2.25. The normalized spacial score (nSPS) is 13.0. The Morgan fingerprint density at radius 1 is 1.00 bits per heavy atom. The molecule has 0 aliphatic carbocycles. The molecule has 3 amide bonds. The number of nitrogens with one attached hydrogen (secondary N) is 2. The first-order valence-corrected chi connectivity index (χ1v) is 9.66. The topological polar surface area (TPSA) is 78.5 Å². The lowest BCUT2D eigenvalue weighted by atomic mass is 10.1. The maximum Gasteiger partial charge on any atom is 0.261 e. The standard InChI is InChI=1S/C22H25N3O3/c1-3-5-11-25-21(27)18-10-9-16(13-19(18)22(25)28)20(26)24-17-8-6-7-15(12-17)14-23-4-2/h6-10,12-13,23H,3-5,11,14H2,1-2H3,(H,24,26). The zero-order chi connectivity index (χ0) is 20.1. The number of imide groups is 1. The summed E-state index contributed by atoms with van der Waals surface area (Å²) in [6.07, 6.45) is 1.66. The molecule has 3 rings (SSSR count). The molecular formula is C22H25N3O3. The monoisotopic (exact) mass is 379 g/mol. The molecule has 0 saturated heterocycles. The van der Waals surface area contributed by atoms with Crippen LogP contribution >= 0.6 is 0 Å². The molecule has 0 atom stereocenters. The third kappa shape index (κ3) is 4.12. The maximum atomic E-state index is 12.6. The van der Waals surface area contributed by atoms with Gasteiger partial charge in [0, 0.05) is 24.3 Å². The Balaban J connectivity index is 1.76. The van der Waals surface area contributed by atoms with E-state index in [9.17, 15) is 14.4 Å². The van der Waals surface area contributed by atoms with Crippen molar-refractivity contribution in [3.8, 4) is 0 Å². The minimum atomic E-state index is -0.323. The smallest absolute Gasteiger partial charge is 0.261 e. The van der Waals surface area contributed by atoms with Crippen LogP contribution in [-0.2, 0) is 6.54 Å². The molecule has 1 aliphatic heterocycles. The second kappa shape index (κ2) is 8.80.